The second kappa shape index (κ2) is 9.69. The van der Waals surface area contributed by atoms with Crippen molar-refractivity contribution in [2.75, 3.05) is 13.1 Å². The first-order chi connectivity index (χ1) is 13.6. The van der Waals surface area contributed by atoms with Gasteiger partial charge in [0.05, 0.1) is 12.1 Å². The van der Waals surface area contributed by atoms with E-state index in [4.69, 9.17) is 5.73 Å². The number of likely N-dealkylation sites (tertiary alicyclic amines) is 2. The van der Waals surface area contributed by atoms with Crippen molar-refractivity contribution in [1.82, 2.24) is 15.1 Å². The maximum Gasteiger partial charge on any atom is 0.246 e. The number of Topliss-reactive ketones (excluding diaryl/α,β-unsaturated/α-hetero) is 1. The van der Waals surface area contributed by atoms with E-state index in [1.165, 1.54) is 6.92 Å². The summed E-state index contributed by atoms with van der Waals surface area (Å²) in [6.07, 6.45) is 2.74. The van der Waals surface area contributed by atoms with Crippen LogP contribution in [0.2, 0.25) is 0 Å². The zero-order valence-corrected chi connectivity index (χ0v) is 18.3. The number of nitrogens with one attached hydrogen (secondary N) is 1. The monoisotopic (exact) mass is 408 g/mol. The van der Waals surface area contributed by atoms with E-state index >= 15 is 0 Å². The van der Waals surface area contributed by atoms with Crippen LogP contribution in [0.15, 0.2) is 0 Å². The smallest absolute Gasteiger partial charge is 0.246 e. The van der Waals surface area contributed by atoms with Crippen LogP contribution in [0.1, 0.15) is 60.3 Å². The number of hydrogen-bond acceptors (Lipinski definition) is 5. The second-order valence-corrected chi connectivity index (χ2v) is 8.99. The van der Waals surface area contributed by atoms with Crippen LogP contribution in [-0.2, 0) is 19.2 Å². The fourth-order valence-electron chi connectivity index (χ4n) is 4.17. The summed E-state index contributed by atoms with van der Waals surface area (Å²) in [4.78, 5) is 53.9. The molecule has 8 nitrogen and oxygen atoms in total. The van der Waals surface area contributed by atoms with Crippen molar-refractivity contribution in [3.63, 3.8) is 0 Å². The third-order valence-electron chi connectivity index (χ3n) is 6.08. The van der Waals surface area contributed by atoms with Crippen molar-refractivity contribution in [1.29, 1.82) is 0 Å². The summed E-state index contributed by atoms with van der Waals surface area (Å²) in [6, 6.07) is -2.39. The van der Waals surface area contributed by atoms with Gasteiger partial charge in [-0.05, 0) is 44.4 Å². The Bertz CT molecular complexity index is 649. The predicted molar refractivity (Wildman–Crippen MR) is 110 cm³/mol. The molecule has 0 bridgehead atoms. The Morgan fingerprint density at radius 3 is 1.86 bits per heavy atom. The van der Waals surface area contributed by atoms with E-state index in [1.807, 2.05) is 27.7 Å². The molecule has 0 unspecified atom stereocenters. The van der Waals surface area contributed by atoms with Gasteiger partial charge in [0.1, 0.15) is 12.1 Å². The molecule has 4 atom stereocenters. The van der Waals surface area contributed by atoms with Crippen LogP contribution in [-0.4, -0.2) is 70.6 Å². The van der Waals surface area contributed by atoms with Gasteiger partial charge in [0.15, 0.2) is 5.78 Å². The quantitative estimate of drug-likeness (QED) is 0.643. The minimum atomic E-state index is -0.723. The lowest BCUT2D eigenvalue weighted by molar-refractivity contribution is -0.144. The third kappa shape index (κ3) is 5.15. The number of carbonyl (C=O) groups excluding carboxylic acids is 4. The largest absolute Gasteiger partial charge is 0.342 e. The van der Waals surface area contributed by atoms with E-state index in [2.05, 4.69) is 5.32 Å². The number of amides is 3. The summed E-state index contributed by atoms with van der Waals surface area (Å²) in [5, 5.41) is 2.87. The Kier molecular flexibility index (Phi) is 7.80. The molecule has 0 aliphatic carbocycles. The molecule has 2 heterocycles. The lowest BCUT2D eigenvalue weighted by atomic mass is 10.0. The Balaban J connectivity index is 2.11. The maximum atomic E-state index is 13.1. The molecule has 0 aromatic rings. The van der Waals surface area contributed by atoms with Crippen molar-refractivity contribution in [2.24, 2.45) is 17.6 Å². The lowest BCUT2D eigenvalue weighted by Gasteiger charge is -2.32. The molecule has 2 aliphatic heterocycles. The minimum absolute atomic E-state index is 0.0181. The SMILES string of the molecule is CC(=O)[C@@H]1CCCN1C(=O)[C@@H](NC(=O)[C@@H]1CCCN1C(=O)[C@@H](N)C(C)C)C(C)C. The van der Waals surface area contributed by atoms with Crippen LogP contribution in [0.5, 0.6) is 0 Å². The molecule has 3 amide bonds. The average Bonchev–Trinajstić information content (AvgIpc) is 3.32. The van der Waals surface area contributed by atoms with Gasteiger partial charge in [-0.2, -0.15) is 0 Å². The zero-order chi connectivity index (χ0) is 21.9. The van der Waals surface area contributed by atoms with Gasteiger partial charge in [-0.3, -0.25) is 19.2 Å². The van der Waals surface area contributed by atoms with E-state index in [0.29, 0.717) is 25.9 Å². The third-order valence-corrected chi connectivity index (χ3v) is 6.08. The van der Waals surface area contributed by atoms with Gasteiger partial charge in [-0.25, -0.2) is 0 Å². The molecule has 0 spiro atoms. The Labute approximate surface area is 173 Å². The molecule has 0 aromatic carbocycles. The average molecular weight is 409 g/mol. The van der Waals surface area contributed by atoms with Gasteiger partial charge in [-0.15, -0.1) is 0 Å². The van der Waals surface area contributed by atoms with Gasteiger partial charge in [0, 0.05) is 13.1 Å². The van der Waals surface area contributed by atoms with Gasteiger partial charge in [-0.1, -0.05) is 27.7 Å². The van der Waals surface area contributed by atoms with E-state index in [0.717, 1.165) is 12.8 Å². The fraction of sp³-hybridized carbons (Fsp3) is 0.810. The summed E-state index contributed by atoms with van der Waals surface area (Å²) in [6.45, 7) is 10.0. The summed E-state index contributed by atoms with van der Waals surface area (Å²) < 4.78 is 0. The van der Waals surface area contributed by atoms with Crippen molar-refractivity contribution in [3.05, 3.63) is 0 Å². The topological polar surface area (TPSA) is 113 Å². The first-order valence-corrected chi connectivity index (χ1v) is 10.7. The maximum absolute atomic E-state index is 13.1. The molecule has 0 saturated carbocycles. The molecule has 2 saturated heterocycles. The Morgan fingerprint density at radius 2 is 1.38 bits per heavy atom. The molecular formula is C21H36N4O4. The molecule has 3 N–H and O–H groups in total. The van der Waals surface area contributed by atoms with Crippen LogP contribution in [0.25, 0.3) is 0 Å². The summed E-state index contributed by atoms with van der Waals surface area (Å²) in [5.74, 6) is -0.946. The van der Waals surface area contributed by atoms with Gasteiger partial charge in [0.2, 0.25) is 17.7 Å². The van der Waals surface area contributed by atoms with Crippen LogP contribution in [0, 0.1) is 11.8 Å². The summed E-state index contributed by atoms with van der Waals surface area (Å²) in [5.41, 5.74) is 6.01. The van der Waals surface area contributed by atoms with Gasteiger partial charge >= 0.3 is 0 Å². The number of ketones is 1. The van der Waals surface area contributed by atoms with Crippen molar-refractivity contribution >= 4 is 23.5 Å². The molecule has 29 heavy (non-hydrogen) atoms. The molecule has 2 rings (SSSR count). The molecule has 2 fully saturated rings. The van der Waals surface area contributed by atoms with Gasteiger partial charge in [0.25, 0.3) is 0 Å². The highest BCUT2D eigenvalue weighted by Crippen LogP contribution is 2.23. The van der Waals surface area contributed by atoms with E-state index in [1.54, 1.807) is 9.80 Å². The molecule has 2 aliphatic rings. The Morgan fingerprint density at radius 1 is 0.862 bits per heavy atom. The first kappa shape index (κ1) is 23.3. The van der Waals surface area contributed by atoms with E-state index in [9.17, 15) is 19.2 Å². The highest BCUT2D eigenvalue weighted by atomic mass is 16.2. The van der Waals surface area contributed by atoms with Crippen molar-refractivity contribution in [2.45, 2.75) is 84.5 Å². The lowest BCUT2D eigenvalue weighted by Crippen LogP contribution is -2.58. The molecule has 0 aromatic heterocycles. The predicted octanol–water partition coefficient (Wildman–Crippen LogP) is 0.682. The molecular weight excluding hydrogens is 372 g/mol. The van der Waals surface area contributed by atoms with Gasteiger partial charge < -0.3 is 20.9 Å². The minimum Gasteiger partial charge on any atom is -0.342 e. The molecule has 8 heteroatoms. The summed E-state index contributed by atoms with van der Waals surface area (Å²) in [7, 11) is 0. The standard InChI is InChI=1S/C21H36N4O4/c1-12(2)17(22)20(28)25-11-7-9-16(25)19(27)23-18(13(3)4)21(29)24-10-6-8-15(24)14(5)26/h12-13,15-18H,6-11,22H2,1-5H3,(H,23,27)/t15-,16-,17-,18-/m0/s1. The van der Waals surface area contributed by atoms with Crippen LogP contribution < -0.4 is 11.1 Å². The summed E-state index contributed by atoms with van der Waals surface area (Å²) >= 11 is 0. The molecule has 0 radical (unpaired) electrons. The highest BCUT2D eigenvalue weighted by molar-refractivity contribution is 5.95. The van der Waals surface area contributed by atoms with Crippen LogP contribution in [0.3, 0.4) is 0 Å². The van der Waals surface area contributed by atoms with Crippen molar-refractivity contribution < 1.29 is 19.2 Å². The molecule has 164 valence electrons. The number of rotatable bonds is 7. The highest BCUT2D eigenvalue weighted by Gasteiger charge is 2.41. The first-order valence-electron chi connectivity index (χ1n) is 10.7. The number of hydrogen-bond donors (Lipinski definition) is 2. The normalized spacial score (nSPS) is 24.1. The van der Waals surface area contributed by atoms with Crippen LogP contribution in [0.4, 0.5) is 0 Å². The number of nitrogens with zero attached hydrogens (tertiary/aromatic N) is 2. The fourth-order valence-corrected chi connectivity index (χ4v) is 4.17. The number of nitrogens with two attached hydrogens (primary N) is 1. The van der Waals surface area contributed by atoms with E-state index < -0.39 is 24.2 Å². The zero-order valence-electron chi connectivity index (χ0n) is 18.3. The second-order valence-electron chi connectivity index (χ2n) is 8.99. The van der Waals surface area contributed by atoms with Crippen LogP contribution >= 0.6 is 0 Å². The Hall–Kier alpha value is -1.96. The van der Waals surface area contributed by atoms with E-state index in [-0.39, 0.29) is 35.3 Å². The van der Waals surface area contributed by atoms with Crippen molar-refractivity contribution in [3.8, 4) is 0 Å². The number of carbonyl (C=O) groups is 4.